The quantitative estimate of drug-likeness (QED) is 0.706. The molecule has 1 N–H and O–H groups in total. The molecule has 1 unspecified atom stereocenters. The molecule has 114 valence electrons. The molecule has 0 heterocycles. The van der Waals surface area contributed by atoms with Gasteiger partial charge in [0.2, 0.25) is 0 Å². The fraction of sp³-hybridized carbons (Fsp3) is 1.00. The van der Waals surface area contributed by atoms with Gasteiger partial charge in [-0.3, -0.25) is 0 Å². The van der Waals surface area contributed by atoms with E-state index in [2.05, 4.69) is 12.2 Å². The Bertz CT molecular complexity index is 308. The van der Waals surface area contributed by atoms with E-state index in [1.165, 1.54) is 38.6 Å². The monoisotopic (exact) mass is 275 g/mol. The summed E-state index contributed by atoms with van der Waals surface area (Å²) in [5.74, 6) is 4.46. The van der Waals surface area contributed by atoms with Crippen molar-refractivity contribution in [1.29, 1.82) is 0 Å². The molecule has 4 bridgehead atoms. The third-order valence-electron chi connectivity index (χ3n) is 6.96. The second-order valence-corrected chi connectivity index (χ2v) is 8.90. The molecule has 5 saturated carbocycles. The van der Waals surface area contributed by atoms with E-state index in [9.17, 15) is 0 Å². The van der Waals surface area contributed by atoms with Gasteiger partial charge >= 0.3 is 0 Å². The smallest absolute Gasteiger partial charge is 0.00723 e. The van der Waals surface area contributed by atoms with E-state index in [0.717, 1.165) is 35.1 Å². The van der Waals surface area contributed by atoms with Crippen LogP contribution in [0.4, 0.5) is 0 Å². The summed E-state index contributed by atoms with van der Waals surface area (Å²) < 4.78 is 0. The highest BCUT2D eigenvalue weighted by Gasteiger charge is 2.51. The van der Waals surface area contributed by atoms with Gasteiger partial charge in [-0.1, -0.05) is 19.8 Å². The molecule has 1 atom stereocenters. The first kappa shape index (κ1) is 13.6. The summed E-state index contributed by atoms with van der Waals surface area (Å²) in [7, 11) is 0. The topological polar surface area (TPSA) is 12.0 Å². The maximum atomic E-state index is 3.84. The first-order chi connectivity index (χ1) is 9.75. The third-order valence-corrected chi connectivity index (χ3v) is 6.96. The maximum Gasteiger partial charge on any atom is 0.00723 e. The van der Waals surface area contributed by atoms with Crippen molar-refractivity contribution in [3.8, 4) is 0 Å². The molecular formula is C19H33N. The van der Waals surface area contributed by atoms with Crippen LogP contribution < -0.4 is 5.32 Å². The highest BCUT2D eigenvalue weighted by Crippen LogP contribution is 2.61. The molecule has 0 aliphatic heterocycles. The predicted molar refractivity (Wildman–Crippen MR) is 84.6 cm³/mol. The number of rotatable bonds is 7. The van der Waals surface area contributed by atoms with E-state index < -0.39 is 0 Å². The van der Waals surface area contributed by atoms with E-state index in [1.54, 1.807) is 38.5 Å². The standard InChI is InChI=1S/C19H33N/c1-2-20-18(6-5-14-3-4-14)13-19-10-15-7-16(11-19)9-17(8-15)12-19/h14-18,20H,2-13H2,1H3. The molecule has 5 aliphatic carbocycles. The normalized spacial score (nSPS) is 44.0. The minimum atomic E-state index is 0.769. The molecule has 5 aliphatic rings. The van der Waals surface area contributed by atoms with Crippen LogP contribution >= 0.6 is 0 Å². The van der Waals surface area contributed by atoms with Crippen molar-refractivity contribution >= 4 is 0 Å². The highest BCUT2D eigenvalue weighted by molar-refractivity contribution is 5.02. The second kappa shape index (κ2) is 5.30. The molecule has 1 nitrogen and oxygen atoms in total. The second-order valence-electron chi connectivity index (χ2n) is 8.90. The number of nitrogens with one attached hydrogen (secondary N) is 1. The molecule has 1 heteroatoms. The zero-order valence-electron chi connectivity index (χ0n) is 13.4. The van der Waals surface area contributed by atoms with Crippen LogP contribution in [-0.2, 0) is 0 Å². The molecule has 0 amide bonds. The minimum Gasteiger partial charge on any atom is -0.314 e. The summed E-state index contributed by atoms with van der Waals surface area (Å²) in [4.78, 5) is 0. The molecule has 0 radical (unpaired) electrons. The van der Waals surface area contributed by atoms with Crippen LogP contribution in [0.1, 0.15) is 77.6 Å². The van der Waals surface area contributed by atoms with Gasteiger partial charge in [-0.2, -0.15) is 0 Å². The first-order valence-electron chi connectivity index (χ1n) is 9.48. The van der Waals surface area contributed by atoms with Crippen molar-refractivity contribution in [2.24, 2.45) is 29.1 Å². The van der Waals surface area contributed by atoms with Gasteiger partial charge < -0.3 is 5.32 Å². The average Bonchev–Trinajstić information content (AvgIpc) is 3.18. The van der Waals surface area contributed by atoms with Gasteiger partial charge in [-0.05, 0) is 93.4 Å². The SMILES string of the molecule is CCNC(CCC1CC1)CC12CC3CC(CC(C3)C1)C2. The summed E-state index contributed by atoms with van der Waals surface area (Å²) in [5, 5.41) is 3.84. The van der Waals surface area contributed by atoms with Gasteiger partial charge in [-0.15, -0.1) is 0 Å². The molecule has 0 spiro atoms. The van der Waals surface area contributed by atoms with Gasteiger partial charge in [0.1, 0.15) is 0 Å². The zero-order valence-corrected chi connectivity index (χ0v) is 13.4. The van der Waals surface area contributed by atoms with Gasteiger partial charge in [0.15, 0.2) is 0 Å². The third kappa shape index (κ3) is 2.80. The van der Waals surface area contributed by atoms with Crippen molar-refractivity contribution < 1.29 is 0 Å². The summed E-state index contributed by atoms with van der Waals surface area (Å²) in [6.07, 6.45) is 17.1. The van der Waals surface area contributed by atoms with E-state index in [-0.39, 0.29) is 0 Å². The van der Waals surface area contributed by atoms with Crippen molar-refractivity contribution in [1.82, 2.24) is 5.32 Å². The van der Waals surface area contributed by atoms with Crippen molar-refractivity contribution in [3.63, 3.8) is 0 Å². The van der Waals surface area contributed by atoms with Crippen LogP contribution in [0.15, 0.2) is 0 Å². The molecule has 0 saturated heterocycles. The Morgan fingerprint density at radius 1 is 1.00 bits per heavy atom. The molecule has 5 fully saturated rings. The maximum absolute atomic E-state index is 3.84. The Morgan fingerprint density at radius 2 is 1.60 bits per heavy atom. The van der Waals surface area contributed by atoms with Crippen LogP contribution in [0.2, 0.25) is 0 Å². The largest absolute Gasteiger partial charge is 0.314 e. The van der Waals surface area contributed by atoms with Crippen LogP contribution in [0, 0.1) is 29.1 Å². The average molecular weight is 275 g/mol. The van der Waals surface area contributed by atoms with Gasteiger partial charge in [0, 0.05) is 6.04 Å². The molecular weight excluding hydrogens is 242 g/mol. The van der Waals surface area contributed by atoms with Crippen LogP contribution in [0.3, 0.4) is 0 Å². The molecule has 5 rings (SSSR count). The summed E-state index contributed by atoms with van der Waals surface area (Å²) in [6.45, 7) is 3.46. The summed E-state index contributed by atoms with van der Waals surface area (Å²) >= 11 is 0. The lowest BCUT2D eigenvalue weighted by atomic mass is 9.48. The van der Waals surface area contributed by atoms with Crippen molar-refractivity contribution in [2.45, 2.75) is 83.6 Å². The lowest BCUT2D eigenvalue weighted by molar-refractivity contribution is -0.0624. The minimum absolute atomic E-state index is 0.769. The van der Waals surface area contributed by atoms with Gasteiger partial charge in [0.05, 0.1) is 0 Å². The number of hydrogen-bond acceptors (Lipinski definition) is 1. The van der Waals surface area contributed by atoms with E-state index in [4.69, 9.17) is 0 Å². The van der Waals surface area contributed by atoms with E-state index in [1.807, 2.05) is 0 Å². The van der Waals surface area contributed by atoms with E-state index >= 15 is 0 Å². The zero-order chi connectivity index (χ0) is 13.6. The van der Waals surface area contributed by atoms with Crippen LogP contribution in [0.25, 0.3) is 0 Å². The summed E-state index contributed by atoms with van der Waals surface area (Å²) in [6, 6.07) is 0.830. The predicted octanol–water partition coefficient (Wildman–Crippen LogP) is 4.76. The molecule has 0 aromatic carbocycles. The highest BCUT2D eigenvalue weighted by atomic mass is 14.9. The van der Waals surface area contributed by atoms with Crippen molar-refractivity contribution in [3.05, 3.63) is 0 Å². The fourth-order valence-electron chi connectivity index (χ4n) is 6.47. The van der Waals surface area contributed by atoms with Gasteiger partial charge in [0.25, 0.3) is 0 Å². The molecule has 0 aromatic rings. The Morgan fingerprint density at radius 3 is 2.10 bits per heavy atom. The molecule has 20 heavy (non-hydrogen) atoms. The van der Waals surface area contributed by atoms with Crippen LogP contribution in [-0.4, -0.2) is 12.6 Å². The Balaban J connectivity index is 1.39. The number of hydrogen-bond donors (Lipinski definition) is 1. The Hall–Kier alpha value is -0.0400. The lowest BCUT2D eigenvalue weighted by Gasteiger charge is -2.57. The Labute approximate surface area is 125 Å². The molecule has 0 aromatic heterocycles. The summed E-state index contributed by atoms with van der Waals surface area (Å²) in [5.41, 5.74) is 0.769. The van der Waals surface area contributed by atoms with Gasteiger partial charge in [-0.25, -0.2) is 0 Å². The fourth-order valence-corrected chi connectivity index (χ4v) is 6.47. The van der Waals surface area contributed by atoms with Crippen molar-refractivity contribution in [2.75, 3.05) is 6.54 Å². The first-order valence-corrected chi connectivity index (χ1v) is 9.48. The lowest BCUT2D eigenvalue weighted by Crippen LogP contribution is -2.48. The van der Waals surface area contributed by atoms with Crippen LogP contribution in [0.5, 0.6) is 0 Å². The Kier molecular flexibility index (Phi) is 3.61. The van der Waals surface area contributed by atoms with E-state index in [0.29, 0.717) is 0 Å².